The standard InChI is InChI=1S/C24H24ClN3O3/c25-21-16-19(6-7-23(21)31-20-8-10-26-11-9-20)24(29)27-17-22(18-4-2-1-3-5-18)28-12-14-30-15-13-28/h1-11,16,22H,12-15,17H2,(H,27,29). The summed E-state index contributed by atoms with van der Waals surface area (Å²) in [7, 11) is 0. The van der Waals surface area contributed by atoms with Crippen molar-refractivity contribution in [3.8, 4) is 11.5 Å². The number of amides is 1. The first kappa shape index (κ1) is 21.3. The van der Waals surface area contributed by atoms with Crippen LogP contribution in [0.4, 0.5) is 0 Å². The second-order valence-electron chi connectivity index (χ2n) is 7.22. The van der Waals surface area contributed by atoms with Crippen LogP contribution in [0.1, 0.15) is 22.0 Å². The van der Waals surface area contributed by atoms with E-state index in [1.807, 2.05) is 18.2 Å². The molecule has 0 bridgehead atoms. The lowest BCUT2D eigenvalue weighted by atomic mass is 10.0. The Balaban J connectivity index is 1.43. The van der Waals surface area contributed by atoms with Gasteiger partial charge in [0.1, 0.15) is 11.5 Å². The molecule has 3 aromatic rings. The lowest BCUT2D eigenvalue weighted by molar-refractivity contribution is 0.0162. The van der Waals surface area contributed by atoms with E-state index in [1.54, 1.807) is 42.7 Å². The van der Waals surface area contributed by atoms with Gasteiger partial charge in [-0.2, -0.15) is 0 Å². The molecule has 2 aromatic carbocycles. The molecule has 1 aliphatic rings. The van der Waals surface area contributed by atoms with Crippen LogP contribution >= 0.6 is 11.6 Å². The van der Waals surface area contributed by atoms with E-state index < -0.39 is 0 Å². The van der Waals surface area contributed by atoms with E-state index >= 15 is 0 Å². The number of carbonyl (C=O) groups is 1. The summed E-state index contributed by atoms with van der Waals surface area (Å²) >= 11 is 6.36. The molecule has 1 aromatic heterocycles. The number of ether oxygens (including phenoxy) is 2. The zero-order valence-corrected chi connectivity index (χ0v) is 17.8. The van der Waals surface area contributed by atoms with Gasteiger partial charge in [0.05, 0.1) is 24.3 Å². The molecule has 0 saturated carbocycles. The molecule has 6 nitrogen and oxygen atoms in total. The fourth-order valence-corrected chi connectivity index (χ4v) is 3.79. The normalized spacial score (nSPS) is 15.3. The summed E-state index contributed by atoms with van der Waals surface area (Å²) in [5, 5.41) is 3.43. The van der Waals surface area contributed by atoms with Crippen LogP contribution in [-0.4, -0.2) is 48.6 Å². The fraction of sp³-hybridized carbons (Fsp3) is 0.250. The van der Waals surface area contributed by atoms with Crippen LogP contribution in [0.2, 0.25) is 5.02 Å². The fourth-order valence-electron chi connectivity index (χ4n) is 3.57. The molecule has 1 unspecified atom stereocenters. The highest BCUT2D eigenvalue weighted by Gasteiger charge is 2.23. The van der Waals surface area contributed by atoms with Crippen LogP contribution in [-0.2, 0) is 4.74 Å². The highest BCUT2D eigenvalue weighted by atomic mass is 35.5. The van der Waals surface area contributed by atoms with Crippen LogP contribution in [0.25, 0.3) is 0 Å². The molecule has 2 heterocycles. The Kier molecular flexibility index (Phi) is 7.14. The third-order valence-corrected chi connectivity index (χ3v) is 5.49. The zero-order chi connectivity index (χ0) is 21.5. The molecule has 1 fully saturated rings. The van der Waals surface area contributed by atoms with Gasteiger partial charge in [-0.25, -0.2) is 0 Å². The van der Waals surface area contributed by atoms with Crippen molar-refractivity contribution in [2.75, 3.05) is 32.8 Å². The SMILES string of the molecule is O=C(NCC(c1ccccc1)N1CCOCC1)c1ccc(Oc2ccncc2)c(Cl)c1. The average Bonchev–Trinajstić information content (AvgIpc) is 2.82. The Labute approximate surface area is 186 Å². The maximum atomic E-state index is 12.8. The van der Waals surface area contributed by atoms with Crippen LogP contribution in [0, 0.1) is 0 Å². The molecule has 31 heavy (non-hydrogen) atoms. The number of benzene rings is 2. The molecule has 1 amide bonds. The topological polar surface area (TPSA) is 63.7 Å². The molecule has 0 aliphatic carbocycles. The van der Waals surface area contributed by atoms with E-state index in [4.69, 9.17) is 21.1 Å². The van der Waals surface area contributed by atoms with Crippen molar-refractivity contribution in [3.63, 3.8) is 0 Å². The maximum Gasteiger partial charge on any atom is 0.251 e. The minimum Gasteiger partial charge on any atom is -0.456 e. The summed E-state index contributed by atoms with van der Waals surface area (Å²) in [6.07, 6.45) is 3.28. The van der Waals surface area contributed by atoms with Gasteiger partial charge in [-0.05, 0) is 35.9 Å². The maximum absolute atomic E-state index is 12.8. The lowest BCUT2D eigenvalue weighted by Gasteiger charge is -2.35. The van der Waals surface area contributed by atoms with Crippen LogP contribution in [0.5, 0.6) is 11.5 Å². The number of nitrogens with zero attached hydrogens (tertiary/aromatic N) is 2. The van der Waals surface area contributed by atoms with Crippen LogP contribution < -0.4 is 10.1 Å². The Bertz CT molecular complexity index is 995. The minimum atomic E-state index is -0.174. The van der Waals surface area contributed by atoms with Gasteiger partial charge in [-0.1, -0.05) is 41.9 Å². The van der Waals surface area contributed by atoms with E-state index in [1.165, 1.54) is 5.56 Å². The van der Waals surface area contributed by atoms with E-state index in [2.05, 4.69) is 27.3 Å². The predicted octanol–water partition coefficient (Wildman–Crippen LogP) is 4.33. The van der Waals surface area contributed by atoms with Crippen molar-refractivity contribution in [3.05, 3.63) is 89.2 Å². The lowest BCUT2D eigenvalue weighted by Crippen LogP contribution is -2.43. The van der Waals surface area contributed by atoms with E-state index in [-0.39, 0.29) is 11.9 Å². The summed E-state index contributed by atoms with van der Waals surface area (Å²) in [4.78, 5) is 19.1. The summed E-state index contributed by atoms with van der Waals surface area (Å²) in [5.74, 6) is 0.941. The number of nitrogens with one attached hydrogen (secondary N) is 1. The summed E-state index contributed by atoms with van der Waals surface area (Å²) in [6.45, 7) is 3.57. The molecule has 1 N–H and O–H groups in total. The van der Waals surface area contributed by atoms with Crippen molar-refractivity contribution in [2.45, 2.75) is 6.04 Å². The van der Waals surface area contributed by atoms with Crippen LogP contribution in [0.15, 0.2) is 73.1 Å². The Morgan fingerprint density at radius 1 is 1.10 bits per heavy atom. The van der Waals surface area contributed by atoms with E-state index in [0.29, 0.717) is 41.8 Å². The molecule has 0 radical (unpaired) electrons. The Hall–Kier alpha value is -2.93. The summed E-state index contributed by atoms with van der Waals surface area (Å²) in [5.41, 5.74) is 1.66. The number of halogens is 1. The Morgan fingerprint density at radius 3 is 2.55 bits per heavy atom. The van der Waals surface area contributed by atoms with E-state index in [0.717, 1.165) is 13.1 Å². The minimum absolute atomic E-state index is 0.0822. The highest BCUT2D eigenvalue weighted by molar-refractivity contribution is 6.32. The number of hydrogen-bond donors (Lipinski definition) is 1. The average molecular weight is 438 g/mol. The van der Waals surface area contributed by atoms with Gasteiger partial charge in [-0.3, -0.25) is 14.7 Å². The molecule has 4 rings (SSSR count). The van der Waals surface area contributed by atoms with Crippen LogP contribution in [0.3, 0.4) is 0 Å². The van der Waals surface area contributed by atoms with E-state index in [9.17, 15) is 4.79 Å². The summed E-state index contributed by atoms with van der Waals surface area (Å²) < 4.78 is 11.2. The Morgan fingerprint density at radius 2 is 1.84 bits per heavy atom. The first-order valence-electron chi connectivity index (χ1n) is 10.2. The number of rotatable bonds is 7. The first-order chi connectivity index (χ1) is 15.2. The molecule has 7 heteroatoms. The number of carbonyl (C=O) groups excluding carboxylic acids is 1. The molecule has 160 valence electrons. The molecule has 0 spiro atoms. The zero-order valence-electron chi connectivity index (χ0n) is 17.0. The second kappa shape index (κ2) is 10.4. The molecule has 1 aliphatic heterocycles. The third-order valence-electron chi connectivity index (χ3n) is 5.20. The van der Waals surface area contributed by atoms with Gasteiger partial charge in [-0.15, -0.1) is 0 Å². The molecule has 1 atom stereocenters. The van der Waals surface area contributed by atoms with Gasteiger partial charge >= 0.3 is 0 Å². The molecular formula is C24H24ClN3O3. The van der Waals surface area contributed by atoms with Gasteiger partial charge in [0.2, 0.25) is 0 Å². The van der Waals surface area contributed by atoms with Crippen molar-refractivity contribution < 1.29 is 14.3 Å². The number of aromatic nitrogens is 1. The quantitative estimate of drug-likeness (QED) is 0.596. The summed E-state index contributed by atoms with van der Waals surface area (Å²) in [6, 6.07) is 18.8. The number of morpholine rings is 1. The van der Waals surface area contributed by atoms with Crippen molar-refractivity contribution in [1.29, 1.82) is 0 Å². The first-order valence-corrected chi connectivity index (χ1v) is 10.6. The highest BCUT2D eigenvalue weighted by Crippen LogP contribution is 2.30. The van der Waals surface area contributed by atoms with Gasteiger partial charge < -0.3 is 14.8 Å². The molecular weight excluding hydrogens is 414 g/mol. The second-order valence-corrected chi connectivity index (χ2v) is 7.62. The third kappa shape index (κ3) is 5.61. The van der Waals surface area contributed by atoms with Gasteiger partial charge in [0.25, 0.3) is 5.91 Å². The van der Waals surface area contributed by atoms with Crippen molar-refractivity contribution in [2.24, 2.45) is 0 Å². The van der Waals surface area contributed by atoms with Crippen molar-refractivity contribution in [1.82, 2.24) is 15.2 Å². The monoisotopic (exact) mass is 437 g/mol. The number of pyridine rings is 1. The van der Waals surface area contributed by atoms with Gasteiger partial charge in [0.15, 0.2) is 0 Å². The predicted molar refractivity (Wildman–Crippen MR) is 120 cm³/mol. The smallest absolute Gasteiger partial charge is 0.251 e. The van der Waals surface area contributed by atoms with Gasteiger partial charge in [0, 0.05) is 37.6 Å². The van der Waals surface area contributed by atoms with Crippen molar-refractivity contribution >= 4 is 17.5 Å². The largest absolute Gasteiger partial charge is 0.456 e. The molecule has 1 saturated heterocycles. The number of hydrogen-bond acceptors (Lipinski definition) is 5.